The van der Waals surface area contributed by atoms with Crippen LogP contribution in [0.3, 0.4) is 0 Å². The monoisotopic (exact) mass is 288 g/mol. The second-order valence-corrected chi connectivity index (χ2v) is 5.02. The molecule has 0 saturated carbocycles. The Morgan fingerprint density at radius 3 is 2.79 bits per heavy atom. The molecule has 0 spiro atoms. The molecule has 1 aromatic carbocycles. The van der Waals surface area contributed by atoms with Gasteiger partial charge in [0.1, 0.15) is 11.6 Å². The summed E-state index contributed by atoms with van der Waals surface area (Å²) in [5.41, 5.74) is 6.47. The predicted molar refractivity (Wildman–Crippen MR) is 77.0 cm³/mol. The minimum atomic E-state index is -0.377. The average Bonchev–Trinajstić information content (AvgIpc) is 2.30. The van der Waals surface area contributed by atoms with Gasteiger partial charge in [-0.3, -0.25) is 4.90 Å². The van der Waals surface area contributed by atoms with E-state index >= 15 is 0 Å². The van der Waals surface area contributed by atoms with E-state index in [9.17, 15) is 9.50 Å². The molecule has 0 amide bonds. The first-order valence-corrected chi connectivity index (χ1v) is 6.61. The Hall–Kier alpha value is -0.840. The van der Waals surface area contributed by atoms with Crippen molar-refractivity contribution in [2.24, 2.45) is 5.73 Å². The molecule has 1 aliphatic heterocycles. The van der Waals surface area contributed by atoms with Gasteiger partial charge in [0.2, 0.25) is 0 Å². The molecule has 1 heterocycles. The van der Waals surface area contributed by atoms with Crippen molar-refractivity contribution < 1.29 is 9.50 Å². The highest BCUT2D eigenvalue weighted by atomic mass is 35.5. The van der Waals surface area contributed by atoms with Crippen LogP contribution in [0.4, 0.5) is 4.39 Å². The van der Waals surface area contributed by atoms with E-state index < -0.39 is 0 Å². The number of benzene rings is 1. The van der Waals surface area contributed by atoms with Crippen molar-refractivity contribution in [3.63, 3.8) is 0 Å². The molecule has 1 aromatic rings. The number of phenolic OH excluding ortho intramolecular Hbond substituents is 1. The minimum Gasteiger partial charge on any atom is -0.508 e. The number of rotatable bonds is 4. The van der Waals surface area contributed by atoms with Gasteiger partial charge in [-0.05, 0) is 50.0 Å². The topological polar surface area (TPSA) is 49.5 Å². The van der Waals surface area contributed by atoms with Crippen LogP contribution in [0.2, 0.25) is 0 Å². The summed E-state index contributed by atoms with van der Waals surface area (Å²) < 4.78 is 13.2. The first-order chi connectivity index (χ1) is 8.69. The number of nitrogens with zero attached hydrogens (tertiary/aromatic N) is 1. The second-order valence-electron chi connectivity index (χ2n) is 5.02. The molecule has 3 N–H and O–H groups in total. The van der Waals surface area contributed by atoms with E-state index in [0.717, 1.165) is 24.6 Å². The van der Waals surface area contributed by atoms with Crippen LogP contribution in [0.5, 0.6) is 5.75 Å². The van der Waals surface area contributed by atoms with Crippen LogP contribution in [-0.2, 0) is 6.54 Å². The number of hydrogen-bond donors (Lipinski definition) is 2. The van der Waals surface area contributed by atoms with Crippen LogP contribution in [0.1, 0.15) is 31.2 Å². The maximum absolute atomic E-state index is 13.2. The summed E-state index contributed by atoms with van der Waals surface area (Å²) in [6, 6.07) is 4.76. The van der Waals surface area contributed by atoms with Gasteiger partial charge in [-0.2, -0.15) is 0 Å². The molecule has 0 aliphatic carbocycles. The lowest BCUT2D eigenvalue weighted by Crippen LogP contribution is -2.40. The van der Waals surface area contributed by atoms with E-state index in [-0.39, 0.29) is 24.0 Å². The van der Waals surface area contributed by atoms with Crippen molar-refractivity contribution in [1.82, 2.24) is 4.90 Å². The van der Waals surface area contributed by atoms with Crippen LogP contribution in [0, 0.1) is 5.82 Å². The quantitative estimate of drug-likeness (QED) is 0.895. The van der Waals surface area contributed by atoms with Gasteiger partial charge in [0.15, 0.2) is 0 Å². The normalized spacial score (nSPS) is 20.0. The maximum atomic E-state index is 13.2. The SMILES string of the molecule is Cl.NCCC1CCCCN1Cc1cc(O)cc(F)c1. The highest BCUT2D eigenvalue weighted by Gasteiger charge is 2.21. The molecule has 19 heavy (non-hydrogen) atoms. The van der Waals surface area contributed by atoms with Crippen LogP contribution >= 0.6 is 12.4 Å². The van der Waals surface area contributed by atoms with Crippen LogP contribution in [-0.4, -0.2) is 29.1 Å². The Kier molecular flexibility index (Phi) is 6.55. The van der Waals surface area contributed by atoms with E-state index in [2.05, 4.69) is 4.90 Å². The number of halogens is 2. The molecule has 0 radical (unpaired) electrons. The Bertz CT molecular complexity index is 381. The summed E-state index contributed by atoms with van der Waals surface area (Å²) in [4.78, 5) is 2.35. The smallest absolute Gasteiger partial charge is 0.127 e. The maximum Gasteiger partial charge on any atom is 0.127 e. The first kappa shape index (κ1) is 16.2. The van der Waals surface area contributed by atoms with Gasteiger partial charge in [0.25, 0.3) is 0 Å². The molecule has 0 bridgehead atoms. The Morgan fingerprint density at radius 1 is 1.32 bits per heavy atom. The minimum absolute atomic E-state index is 0. The van der Waals surface area contributed by atoms with Crippen molar-refractivity contribution >= 4 is 12.4 Å². The number of aromatic hydroxyl groups is 1. The Morgan fingerprint density at radius 2 is 2.11 bits per heavy atom. The van der Waals surface area contributed by atoms with Crippen LogP contribution in [0.25, 0.3) is 0 Å². The molecule has 3 nitrogen and oxygen atoms in total. The van der Waals surface area contributed by atoms with Crippen molar-refractivity contribution in [2.45, 2.75) is 38.3 Å². The molecule has 1 fully saturated rings. The van der Waals surface area contributed by atoms with Crippen LogP contribution < -0.4 is 5.73 Å². The molecule has 0 aromatic heterocycles. The van der Waals surface area contributed by atoms with Gasteiger partial charge in [-0.15, -0.1) is 12.4 Å². The third kappa shape index (κ3) is 4.64. The van der Waals surface area contributed by atoms with Crippen LogP contribution in [0.15, 0.2) is 18.2 Å². The number of phenols is 1. The van der Waals surface area contributed by atoms with Crippen molar-refractivity contribution in [3.8, 4) is 5.75 Å². The van der Waals surface area contributed by atoms with Gasteiger partial charge < -0.3 is 10.8 Å². The van der Waals surface area contributed by atoms with E-state index in [1.807, 2.05) is 0 Å². The summed E-state index contributed by atoms with van der Waals surface area (Å²) in [5, 5.41) is 9.41. The van der Waals surface area contributed by atoms with E-state index in [0.29, 0.717) is 19.1 Å². The Balaban J connectivity index is 0.00000180. The first-order valence-electron chi connectivity index (χ1n) is 6.61. The zero-order chi connectivity index (χ0) is 13.0. The average molecular weight is 289 g/mol. The fraction of sp³-hybridized carbons (Fsp3) is 0.571. The van der Waals surface area contributed by atoms with Gasteiger partial charge >= 0.3 is 0 Å². The molecule has 108 valence electrons. The highest BCUT2D eigenvalue weighted by Crippen LogP contribution is 2.23. The molecular weight excluding hydrogens is 267 g/mol. The predicted octanol–water partition coefficient (Wildman–Crippen LogP) is 2.66. The van der Waals surface area contributed by atoms with Crippen molar-refractivity contribution in [3.05, 3.63) is 29.6 Å². The fourth-order valence-electron chi connectivity index (χ4n) is 2.75. The molecule has 2 rings (SSSR count). The van der Waals surface area contributed by atoms with Crippen molar-refractivity contribution in [2.75, 3.05) is 13.1 Å². The summed E-state index contributed by atoms with van der Waals surface area (Å²) in [6.45, 7) is 2.41. The van der Waals surface area contributed by atoms with Gasteiger partial charge in [0, 0.05) is 18.7 Å². The summed E-state index contributed by atoms with van der Waals surface area (Å²) in [6.07, 6.45) is 4.58. The molecule has 1 saturated heterocycles. The van der Waals surface area contributed by atoms with Crippen molar-refractivity contribution in [1.29, 1.82) is 0 Å². The molecule has 1 atom stereocenters. The number of hydrogen-bond acceptors (Lipinski definition) is 3. The highest BCUT2D eigenvalue weighted by molar-refractivity contribution is 5.85. The zero-order valence-electron chi connectivity index (χ0n) is 11.0. The number of piperidine rings is 1. The number of nitrogens with two attached hydrogens (primary N) is 1. The lowest BCUT2D eigenvalue weighted by atomic mass is 9.98. The standard InChI is InChI=1S/C14H21FN2O.ClH/c15-12-7-11(8-14(18)9-12)10-17-6-2-1-3-13(17)4-5-16;/h7-9,13,18H,1-6,10,16H2;1H. The Labute approximate surface area is 120 Å². The third-order valence-electron chi connectivity index (χ3n) is 3.58. The van der Waals surface area contributed by atoms with Gasteiger partial charge in [0.05, 0.1) is 0 Å². The van der Waals surface area contributed by atoms with E-state index in [1.54, 1.807) is 6.07 Å². The molecule has 1 aliphatic rings. The van der Waals surface area contributed by atoms with E-state index in [1.165, 1.54) is 25.3 Å². The number of likely N-dealkylation sites (tertiary alicyclic amines) is 1. The third-order valence-corrected chi connectivity index (χ3v) is 3.58. The zero-order valence-corrected chi connectivity index (χ0v) is 11.8. The lowest BCUT2D eigenvalue weighted by molar-refractivity contribution is 0.134. The largest absolute Gasteiger partial charge is 0.508 e. The summed E-state index contributed by atoms with van der Waals surface area (Å²) >= 11 is 0. The summed E-state index contributed by atoms with van der Waals surface area (Å²) in [7, 11) is 0. The molecule has 5 heteroatoms. The van der Waals surface area contributed by atoms with Gasteiger partial charge in [-0.25, -0.2) is 4.39 Å². The molecule has 1 unspecified atom stereocenters. The lowest BCUT2D eigenvalue weighted by Gasteiger charge is -2.35. The summed E-state index contributed by atoms with van der Waals surface area (Å²) in [5.74, 6) is -0.380. The second kappa shape index (κ2) is 7.68. The van der Waals surface area contributed by atoms with Gasteiger partial charge in [-0.1, -0.05) is 6.42 Å². The van der Waals surface area contributed by atoms with E-state index in [4.69, 9.17) is 5.73 Å². The fourth-order valence-corrected chi connectivity index (χ4v) is 2.75. The molecular formula is C14H22ClFN2O.